The first-order valence-electron chi connectivity index (χ1n) is 4.60. The van der Waals surface area contributed by atoms with Crippen LogP contribution in [0.2, 0.25) is 5.02 Å². The Bertz CT molecular complexity index is 664. The van der Waals surface area contributed by atoms with Gasteiger partial charge >= 0.3 is 0 Å². The zero-order chi connectivity index (χ0) is 12.6. The summed E-state index contributed by atoms with van der Waals surface area (Å²) in [5.74, 6) is 0.0306. The van der Waals surface area contributed by atoms with E-state index in [1.165, 1.54) is 12.3 Å². The van der Waals surface area contributed by atoms with Crippen molar-refractivity contribution >= 4 is 27.3 Å². The highest BCUT2D eigenvalue weighted by molar-refractivity contribution is 7.90. The van der Waals surface area contributed by atoms with Crippen molar-refractivity contribution in [2.45, 2.75) is 4.90 Å². The molecule has 0 aliphatic carbocycles. The lowest BCUT2D eigenvalue weighted by molar-refractivity contribution is 0.436. The molecule has 2 rings (SSSR count). The van der Waals surface area contributed by atoms with Gasteiger partial charge in [0, 0.05) is 16.8 Å². The van der Waals surface area contributed by atoms with Crippen LogP contribution in [-0.4, -0.2) is 19.8 Å². The summed E-state index contributed by atoms with van der Waals surface area (Å²) in [4.78, 5) is 0.0971. The Balaban J connectivity index is 2.82. The van der Waals surface area contributed by atoms with Gasteiger partial charge < -0.3 is 10.3 Å². The number of hydrogen-bond acceptors (Lipinski definition) is 5. The number of aromatic nitrogens is 1. The largest absolute Gasteiger partial charge is 0.367 e. The topological polar surface area (TPSA) is 86.2 Å². The van der Waals surface area contributed by atoms with E-state index >= 15 is 0 Å². The lowest BCUT2D eigenvalue weighted by atomic mass is 10.1. The van der Waals surface area contributed by atoms with Crippen molar-refractivity contribution in [2.75, 3.05) is 12.0 Å². The molecule has 0 bridgehead atoms. The highest BCUT2D eigenvalue weighted by atomic mass is 35.5. The lowest BCUT2D eigenvalue weighted by Crippen LogP contribution is -2.00. The van der Waals surface area contributed by atoms with E-state index in [1.54, 1.807) is 12.1 Å². The molecule has 1 heterocycles. The molecule has 0 saturated heterocycles. The van der Waals surface area contributed by atoms with Gasteiger partial charge in [-0.2, -0.15) is 0 Å². The van der Waals surface area contributed by atoms with E-state index in [2.05, 4.69) is 5.16 Å². The number of anilines is 1. The molecule has 0 saturated carbocycles. The van der Waals surface area contributed by atoms with Crippen molar-refractivity contribution < 1.29 is 12.9 Å². The second-order valence-corrected chi connectivity index (χ2v) is 5.88. The monoisotopic (exact) mass is 272 g/mol. The normalized spacial score (nSPS) is 11.6. The van der Waals surface area contributed by atoms with Crippen molar-refractivity contribution in [1.29, 1.82) is 0 Å². The molecule has 0 atom stereocenters. The minimum atomic E-state index is -3.41. The van der Waals surface area contributed by atoms with Gasteiger partial charge in [-0.1, -0.05) is 22.8 Å². The summed E-state index contributed by atoms with van der Waals surface area (Å²) < 4.78 is 28.0. The third-order valence-corrected chi connectivity index (χ3v) is 3.70. The van der Waals surface area contributed by atoms with Gasteiger partial charge in [0.2, 0.25) is 5.88 Å². The van der Waals surface area contributed by atoms with Crippen LogP contribution in [0.4, 0.5) is 5.88 Å². The second-order valence-electron chi connectivity index (χ2n) is 3.49. The molecule has 0 unspecified atom stereocenters. The molecule has 0 radical (unpaired) electrons. The molecule has 1 aromatic carbocycles. The van der Waals surface area contributed by atoms with Crippen LogP contribution in [0, 0.1) is 0 Å². The maximum atomic E-state index is 11.7. The summed E-state index contributed by atoms with van der Waals surface area (Å²) in [6.45, 7) is 0. The first kappa shape index (κ1) is 11.9. The first-order valence-corrected chi connectivity index (χ1v) is 6.87. The van der Waals surface area contributed by atoms with Gasteiger partial charge in [0.25, 0.3) is 0 Å². The smallest absolute Gasteiger partial charge is 0.230 e. The lowest BCUT2D eigenvalue weighted by Gasteiger charge is -2.08. The number of benzene rings is 1. The van der Waals surface area contributed by atoms with Crippen molar-refractivity contribution in [3.05, 3.63) is 29.4 Å². The van der Waals surface area contributed by atoms with Crippen LogP contribution in [0.3, 0.4) is 0 Å². The first-order chi connectivity index (χ1) is 7.91. The van der Waals surface area contributed by atoms with E-state index in [0.29, 0.717) is 11.1 Å². The summed E-state index contributed by atoms with van der Waals surface area (Å²) in [5, 5.41) is 3.79. The molecule has 17 heavy (non-hydrogen) atoms. The van der Waals surface area contributed by atoms with E-state index in [4.69, 9.17) is 21.9 Å². The standard InChI is InChI=1S/C10H9ClN2O3S/c1-17(14,15)8-4-2-3-7(11)9(8)6-5-13-16-10(6)12/h2-5H,12H2,1H3. The van der Waals surface area contributed by atoms with Gasteiger partial charge in [-0.15, -0.1) is 0 Å². The predicted molar refractivity (Wildman–Crippen MR) is 64.5 cm³/mol. The number of nitrogen functional groups attached to an aromatic ring is 1. The van der Waals surface area contributed by atoms with Crippen molar-refractivity contribution in [3.63, 3.8) is 0 Å². The van der Waals surface area contributed by atoms with E-state index in [0.717, 1.165) is 6.26 Å². The van der Waals surface area contributed by atoms with Gasteiger partial charge in [0.1, 0.15) is 0 Å². The summed E-state index contributed by atoms with van der Waals surface area (Å²) >= 11 is 6.01. The Hall–Kier alpha value is -1.53. The summed E-state index contributed by atoms with van der Waals surface area (Å²) in [5.41, 5.74) is 6.26. The van der Waals surface area contributed by atoms with Gasteiger partial charge in [0.05, 0.1) is 16.7 Å². The molecule has 7 heteroatoms. The van der Waals surface area contributed by atoms with E-state index in [9.17, 15) is 8.42 Å². The number of nitrogens with zero attached hydrogens (tertiary/aromatic N) is 1. The van der Waals surface area contributed by atoms with Gasteiger partial charge in [-0.25, -0.2) is 8.42 Å². The zero-order valence-corrected chi connectivity index (χ0v) is 10.4. The molecule has 0 aliphatic rings. The Morgan fingerprint density at radius 1 is 1.41 bits per heavy atom. The van der Waals surface area contributed by atoms with E-state index in [1.807, 2.05) is 0 Å². The third kappa shape index (κ3) is 2.13. The Morgan fingerprint density at radius 3 is 2.65 bits per heavy atom. The number of rotatable bonds is 2. The summed E-state index contributed by atoms with van der Waals surface area (Å²) in [6.07, 6.45) is 2.44. The maximum Gasteiger partial charge on any atom is 0.230 e. The SMILES string of the molecule is CS(=O)(=O)c1cccc(Cl)c1-c1cnoc1N. The van der Waals surface area contributed by atoms with E-state index in [-0.39, 0.29) is 15.8 Å². The second kappa shape index (κ2) is 4.05. The highest BCUT2D eigenvalue weighted by Crippen LogP contribution is 2.36. The average molecular weight is 273 g/mol. The molecule has 5 nitrogen and oxygen atoms in total. The maximum absolute atomic E-state index is 11.7. The molecule has 2 aromatic rings. The van der Waals surface area contributed by atoms with Crippen LogP contribution >= 0.6 is 11.6 Å². The molecule has 0 spiro atoms. The molecular weight excluding hydrogens is 264 g/mol. The van der Waals surface area contributed by atoms with Crippen LogP contribution in [0.25, 0.3) is 11.1 Å². The zero-order valence-electron chi connectivity index (χ0n) is 8.84. The van der Waals surface area contributed by atoms with Crippen LogP contribution in [-0.2, 0) is 9.84 Å². The Labute approximate surface area is 103 Å². The van der Waals surface area contributed by atoms with Gasteiger partial charge in [-0.3, -0.25) is 0 Å². The number of halogens is 1. The van der Waals surface area contributed by atoms with Gasteiger partial charge in [-0.05, 0) is 12.1 Å². The summed E-state index contributed by atoms with van der Waals surface area (Å²) in [7, 11) is -3.41. The van der Waals surface area contributed by atoms with Crippen molar-refractivity contribution in [1.82, 2.24) is 5.16 Å². The highest BCUT2D eigenvalue weighted by Gasteiger charge is 2.20. The fraction of sp³-hybridized carbons (Fsp3) is 0.100. The van der Waals surface area contributed by atoms with Gasteiger partial charge in [0.15, 0.2) is 9.84 Å². The van der Waals surface area contributed by atoms with Crippen LogP contribution in [0.5, 0.6) is 0 Å². The third-order valence-electron chi connectivity index (χ3n) is 2.24. The van der Waals surface area contributed by atoms with Crippen molar-refractivity contribution in [2.24, 2.45) is 0 Å². The fourth-order valence-corrected chi connectivity index (χ4v) is 2.76. The van der Waals surface area contributed by atoms with Crippen LogP contribution in [0.15, 0.2) is 33.8 Å². The summed E-state index contributed by atoms with van der Waals surface area (Å²) in [6, 6.07) is 4.60. The Kier molecular flexibility index (Phi) is 2.84. The molecule has 0 aliphatic heterocycles. The minimum Gasteiger partial charge on any atom is -0.367 e. The minimum absolute atomic E-state index is 0.0306. The molecule has 0 fully saturated rings. The molecule has 90 valence electrons. The Morgan fingerprint density at radius 2 is 2.12 bits per heavy atom. The molecular formula is C10H9ClN2O3S. The predicted octanol–water partition coefficient (Wildman–Crippen LogP) is 1.98. The number of hydrogen-bond donors (Lipinski definition) is 1. The molecule has 2 N–H and O–H groups in total. The molecule has 0 amide bonds. The van der Waals surface area contributed by atoms with Crippen LogP contribution in [0.1, 0.15) is 0 Å². The number of nitrogens with two attached hydrogens (primary N) is 1. The quantitative estimate of drug-likeness (QED) is 0.903. The molecule has 1 aromatic heterocycles. The fourth-order valence-electron chi connectivity index (χ4n) is 1.51. The average Bonchev–Trinajstić information content (AvgIpc) is 2.62. The van der Waals surface area contributed by atoms with Crippen molar-refractivity contribution in [3.8, 4) is 11.1 Å². The van der Waals surface area contributed by atoms with E-state index < -0.39 is 9.84 Å². The number of sulfone groups is 1. The van der Waals surface area contributed by atoms with Crippen LogP contribution < -0.4 is 5.73 Å².